The van der Waals surface area contributed by atoms with Gasteiger partial charge in [-0.2, -0.15) is 0 Å². The molecule has 0 amide bonds. The zero-order chi connectivity index (χ0) is 10.6. The Bertz CT molecular complexity index is 172. The van der Waals surface area contributed by atoms with Crippen LogP contribution in [0.25, 0.3) is 0 Å². The Morgan fingerprint density at radius 1 is 1.43 bits per heavy atom. The minimum Gasteiger partial charge on any atom is -0.396 e. The smallest absolute Gasteiger partial charge is 0.0518 e. The highest BCUT2D eigenvalue weighted by Crippen LogP contribution is 2.14. The Morgan fingerprint density at radius 2 is 2.07 bits per heavy atom. The zero-order valence-corrected chi connectivity index (χ0v) is 9.16. The third-order valence-electron chi connectivity index (χ3n) is 2.97. The SMILES string of the molecule is CN1CCC(NCC(C)(CO)CO)C1. The predicted octanol–water partition coefficient (Wildman–Crippen LogP) is -0.729. The second-order valence-electron chi connectivity index (χ2n) is 4.76. The molecule has 1 saturated heterocycles. The van der Waals surface area contributed by atoms with E-state index >= 15 is 0 Å². The van der Waals surface area contributed by atoms with Crippen molar-refractivity contribution in [3.8, 4) is 0 Å². The first-order chi connectivity index (χ1) is 6.59. The number of likely N-dealkylation sites (N-methyl/N-ethyl adjacent to an activating group) is 1. The maximum atomic E-state index is 9.10. The quantitative estimate of drug-likeness (QED) is 0.550. The molecule has 0 bridgehead atoms. The second-order valence-corrected chi connectivity index (χ2v) is 4.76. The largest absolute Gasteiger partial charge is 0.396 e. The molecule has 1 heterocycles. The highest BCUT2D eigenvalue weighted by Gasteiger charge is 2.25. The van der Waals surface area contributed by atoms with Crippen molar-refractivity contribution in [2.75, 3.05) is 39.9 Å². The van der Waals surface area contributed by atoms with E-state index in [0.717, 1.165) is 19.5 Å². The van der Waals surface area contributed by atoms with Crippen molar-refractivity contribution in [1.82, 2.24) is 10.2 Å². The van der Waals surface area contributed by atoms with Gasteiger partial charge in [0.05, 0.1) is 13.2 Å². The standard InChI is InChI=1S/C10H22N2O2/c1-10(7-13,8-14)6-11-9-3-4-12(2)5-9/h9,11,13-14H,3-8H2,1-2H3. The topological polar surface area (TPSA) is 55.7 Å². The average Bonchev–Trinajstić information content (AvgIpc) is 2.61. The second kappa shape index (κ2) is 5.07. The number of likely N-dealkylation sites (tertiary alicyclic amines) is 1. The van der Waals surface area contributed by atoms with Gasteiger partial charge >= 0.3 is 0 Å². The summed E-state index contributed by atoms with van der Waals surface area (Å²) in [6, 6.07) is 0.512. The number of hydrogen-bond acceptors (Lipinski definition) is 4. The fourth-order valence-corrected chi connectivity index (χ4v) is 1.65. The molecule has 3 N–H and O–H groups in total. The van der Waals surface area contributed by atoms with Crippen molar-refractivity contribution in [1.29, 1.82) is 0 Å². The molecule has 0 aliphatic carbocycles. The summed E-state index contributed by atoms with van der Waals surface area (Å²) in [5, 5.41) is 21.6. The first kappa shape index (κ1) is 11.9. The number of aliphatic hydroxyl groups excluding tert-OH is 2. The number of rotatable bonds is 5. The molecule has 1 atom stereocenters. The number of nitrogens with zero attached hydrogens (tertiary/aromatic N) is 1. The van der Waals surface area contributed by atoms with Gasteiger partial charge < -0.3 is 20.4 Å². The fourth-order valence-electron chi connectivity index (χ4n) is 1.65. The molecule has 1 unspecified atom stereocenters. The van der Waals surface area contributed by atoms with Crippen molar-refractivity contribution in [3.05, 3.63) is 0 Å². The molecule has 1 aliphatic rings. The van der Waals surface area contributed by atoms with Crippen molar-refractivity contribution >= 4 is 0 Å². The molecule has 0 saturated carbocycles. The van der Waals surface area contributed by atoms with Crippen LogP contribution in [0.3, 0.4) is 0 Å². The minimum atomic E-state index is -0.388. The summed E-state index contributed by atoms with van der Waals surface area (Å²) >= 11 is 0. The van der Waals surface area contributed by atoms with Gasteiger partial charge in [-0.3, -0.25) is 0 Å². The molecule has 0 spiro atoms. The van der Waals surface area contributed by atoms with Crippen LogP contribution in [0, 0.1) is 5.41 Å². The molecule has 4 heteroatoms. The zero-order valence-electron chi connectivity index (χ0n) is 9.16. The van der Waals surface area contributed by atoms with Gasteiger partial charge in [0, 0.05) is 24.5 Å². The van der Waals surface area contributed by atoms with Crippen LogP contribution in [0.2, 0.25) is 0 Å². The van der Waals surface area contributed by atoms with E-state index < -0.39 is 0 Å². The maximum Gasteiger partial charge on any atom is 0.0518 e. The van der Waals surface area contributed by atoms with Gasteiger partial charge in [0.25, 0.3) is 0 Å². The molecule has 0 radical (unpaired) electrons. The lowest BCUT2D eigenvalue weighted by Crippen LogP contribution is -2.43. The van der Waals surface area contributed by atoms with Crippen LogP contribution in [0.1, 0.15) is 13.3 Å². The van der Waals surface area contributed by atoms with E-state index in [1.54, 1.807) is 0 Å². The predicted molar refractivity (Wildman–Crippen MR) is 56.2 cm³/mol. The summed E-state index contributed by atoms with van der Waals surface area (Å²) in [6.45, 7) is 4.81. The van der Waals surface area contributed by atoms with Gasteiger partial charge in [-0.05, 0) is 20.0 Å². The molecule has 14 heavy (non-hydrogen) atoms. The van der Waals surface area contributed by atoms with Crippen molar-refractivity contribution in [2.24, 2.45) is 5.41 Å². The van der Waals surface area contributed by atoms with E-state index in [4.69, 9.17) is 10.2 Å². The molecule has 1 rings (SSSR count). The third kappa shape index (κ3) is 3.20. The van der Waals surface area contributed by atoms with Crippen LogP contribution in [-0.2, 0) is 0 Å². The van der Waals surface area contributed by atoms with E-state index in [9.17, 15) is 0 Å². The summed E-state index contributed by atoms with van der Waals surface area (Å²) in [5.41, 5.74) is -0.388. The lowest BCUT2D eigenvalue weighted by atomic mass is 9.93. The Kier molecular flexibility index (Phi) is 4.31. The van der Waals surface area contributed by atoms with E-state index in [2.05, 4.69) is 17.3 Å². The van der Waals surface area contributed by atoms with Gasteiger partial charge in [-0.1, -0.05) is 6.92 Å². The van der Waals surface area contributed by atoms with Gasteiger partial charge in [0.2, 0.25) is 0 Å². The summed E-state index contributed by atoms with van der Waals surface area (Å²) in [4.78, 5) is 2.28. The van der Waals surface area contributed by atoms with Crippen LogP contribution in [0.15, 0.2) is 0 Å². The summed E-state index contributed by atoms with van der Waals surface area (Å²) < 4.78 is 0. The van der Waals surface area contributed by atoms with Gasteiger partial charge in [-0.15, -0.1) is 0 Å². The first-order valence-electron chi connectivity index (χ1n) is 5.23. The first-order valence-corrected chi connectivity index (χ1v) is 5.23. The Morgan fingerprint density at radius 3 is 2.50 bits per heavy atom. The fraction of sp³-hybridized carbons (Fsp3) is 1.00. The van der Waals surface area contributed by atoms with Crippen molar-refractivity contribution in [2.45, 2.75) is 19.4 Å². The molecule has 1 aliphatic heterocycles. The number of aliphatic hydroxyl groups is 2. The van der Waals surface area contributed by atoms with E-state index in [-0.39, 0.29) is 18.6 Å². The highest BCUT2D eigenvalue weighted by atomic mass is 16.3. The minimum absolute atomic E-state index is 0.0268. The molecule has 84 valence electrons. The van der Waals surface area contributed by atoms with Crippen LogP contribution < -0.4 is 5.32 Å². The Hall–Kier alpha value is -0.160. The summed E-state index contributed by atoms with van der Waals surface area (Å²) in [6.07, 6.45) is 1.16. The van der Waals surface area contributed by atoms with Crippen molar-refractivity contribution < 1.29 is 10.2 Å². The van der Waals surface area contributed by atoms with Gasteiger partial charge in [0.15, 0.2) is 0 Å². The summed E-state index contributed by atoms with van der Waals surface area (Å²) in [7, 11) is 2.11. The lowest BCUT2D eigenvalue weighted by Gasteiger charge is -2.26. The molecule has 1 fully saturated rings. The maximum absolute atomic E-state index is 9.10. The van der Waals surface area contributed by atoms with Crippen LogP contribution >= 0.6 is 0 Å². The normalized spacial score (nSPS) is 24.4. The van der Waals surface area contributed by atoms with Crippen molar-refractivity contribution in [3.63, 3.8) is 0 Å². The number of nitrogens with one attached hydrogen (secondary N) is 1. The van der Waals surface area contributed by atoms with E-state index in [1.807, 2.05) is 6.92 Å². The molecular weight excluding hydrogens is 180 g/mol. The monoisotopic (exact) mass is 202 g/mol. The van der Waals surface area contributed by atoms with Crippen LogP contribution in [0.4, 0.5) is 0 Å². The van der Waals surface area contributed by atoms with Gasteiger partial charge in [0.1, 0.15) is 0 Å². The summed E-state index contributed by atoms with van der Waals surface area (Å²) in [5.74, 6) is 0. The molecule has 4 nitrogen and oxygen atoms in total. The van der Waals surface area contributed by atoms with Crippen LogP contribution in [0.5, 0.6) is 0 Å². The molecule has 0 aromatic heterocycles. The third-order valence-corrected chi connectivity index (χ3v) is 2.97. The molecular formula is C10H22N2O2. The van der Waals surface area contributed by atoms with E-state index in [1.165, 1.54) is 0 Å². The molecule has 0 aromatic carbocycles. The van der Waals surface area contributed by atoms with Gasteiger partial charge in [-0.25, -0.2) is 0 Å². The Balaban J connectivity index is 2.25. The number of hydrogen-bond donors (Lipinski definition) is 3. The highest BCUT2D eigenvalue weighted by molar-refractivity contribution is 4.83. The van der Waals surface area contributed by atoms with E-state index in [0.29, 0.717) is 12.6 Å². The molecule has 0 aromatic rings. The average molecular weight is 202 g/mol. The van der Waals surface area contributed by atoms with Crippen LogP contribution in [-0.4, -0.2) is 61.1 Å². The lowest BCUT2D eigenvalue weighted by molar-refractivity contribution is 0.0675. The Labute approximate surface area is 85.9 Å².